The first-order valence-corrected chi connectivity index (χ1v) is 8.48. The molecule has 3 rings (SSSR count). The van der Waals surface area contributed by atoms with Gasteiger partial charge in [-0.25, -0.2) is 4.79 Å². The second-order valence-corrected chi connectivity index (χ2v) is 6.48. The molecule has 0 aliphatic carbocycles. The lowest BCUT2D eigenvalue weighted by Gasteiger charge is -2.33. The van der Waals surface area contributed by atoms with Crippen molar-refractivity contribution in [2.75, 3.05) is 24.5 Å². The Morgan fingerprint density at radius 1 is 1.28 bits per heavy atom. The molecule has 0 bridgehead atoms. The Labute approximate surface area is 146 Å². The van der Waals surface area contributed by atoms with Gasteiger partial charge >= 0.3 is 6.03 Å². The van der Waals surface area contributed by atoms with Gasteiger partial charge in [0.1, 0.15) is 6.04 Å². The van der Waals surface area contributed by atoms with Gasteiger partial charge in [0.2, 0.25) is 11.8 Å². The van der Waals surface area contributed by atoms with Gasteiger partial charge in [0.05, 0.1) is 5.92 Å². The molecule has 1 aromatic carbocycles. The number of rotatable bonds is 5. The summed E-state index contributed by atoms with van der Waals surface area (Å²) in [6, 6.07) is 7.04. The van der Waals surface area contributed by atoms with Gasteiger partial charge in [-0.05, 0) is 30.5 Å². The van der Waals surface area contributed by atoms with Gasteiger partial charge in [-0.3, -0.25) is 9.59 Å². The van der Waals surface area contributed by atoms with Crippen LogP contribution in [0.3, 0.4) is 0 Å². The van der Waals surface area contributed by atoms with Gasteiger partial charge in [-0.1, -0.05) is 12.1 Å². The van der Waals surface area contributed by atoms with Gasteiger partial charge in [0, 0.05) is 31.9 Å². The molecule has 134 valence electrons. The van der Waals surface area contributed by atoms with E-state index in [1.807, 2.05) is 24.3 Å². The SMILES string of the molecule is NC(=O)[C@@H]1CCCN(c2ccc(CNC(=O)[C@H]3CNC(=O)N3)cc2)C1. The lowest BCUT2D eigenvalue weighted by Crippen LogP contribution is -2.42. The molecule has 8 heteroatoms. The van der Waals surface area contributed by atoms with E-state index in [1.165, 1.54) is 0 Å². The molecule has 0 radical (unpaired) electrons. The molecular formula is C17H23N5O3. The fourth-order valence-electron chi connectivity index (χ4n) is 3.19. The Kier molecular flexibility index (Phi) is 5.06. The van der Waals surface area contributed by atoms with Crippen molar-refractivity contribution in [2.24, 2.45) is 11.7 Å². The number of hydrogen-bond acceptors (Lipinski definition) is 4. The summed E-state index contributed by atoms with van der Waals surface area (Å²) >= 11 is 0. The van der Waals surface area contributed by atoms with E-state index in [0.29, 0.717) is 19.6 Å². The average Bonchev–Trinajstić information content (AvgIpc) is 3.07. The largest absolute Gasteiger partial charge is 0.371 e. The molecule has 2 atom stereocenters. The Hall–Kier alpha value is -2.77. The van der Waals surface area contributed by atoms with Crippen molar-refractivity contribution in [2.45, 2.75) is 25.4 Å². The van der Waals surface area contributed by atoms with Crippen LogP contribution in [-0.2, 0) is 16.1 Å². The minimum atomic E-state index is -0.522. The van der Waals surface area contributed by atoms with Crippen LogP contribution < -0.4 is 26.6 Å². The van der Waals surface area contributed by atoms with Crippen LogP contribution in [0, 0.1) is 5.92 Å². The minimum absolute atomic E-state index is 0.0945. The number of nitrogens with zero attached hydrogens (tertiary/aromatic N) is 1. The maximum atomic E-state index is 12.0. The van der Waals surface area contributed by atoms with E-state index in [9.17, 15) is 14.4 Å². The summed E-state index contributed by atoms with van der Waals surface area (Å²) in [5.41, 5.74) is 7.44. The molecule has 8 nitrogen and oxygen atoms in total. The average molecular weight is 345 g/mol. The van der Waals surface area contributed by atoms with Crippen molar-refractivity contribution < 1.29 is 14.4 Å². The summed E-state index contributed by atoms with van der Waals surface area (Å²) in [5, 5.41) is 7.92. The first-order chi connectivity index (χ1) is 12.0. The smallest absolute Gasteiger partial charge is 0.315 e. The predicted octanol–water partition coefficient (Wildman–Crippen LogP) is -0.314. The number of amides is 4. The van der Waals surface area contributed by atoms with Crippen molar-refractivity contribution in [1.82, 2.24) is 16.0 Å². The number of hydrogen-bond donors (Lipinski definition) is 4. The highest BCUT2D eigenvalue weighted by atomic mass is 16.2. The summed E-state index contributed by atoms with van der Waals surface area (Å²) < 4.78 is 0. The van der Waals surface area contributed by atoms with Crippen molar-refractivity contribution in [3.05, 3.63) is 29.8 Å². The van der Waals surface area contributed by atoms with E-state index in [0.717, 1.165) is 30.6 Å². The molecule has 0 unspecified atom stereocenters. The van der Waals surface area contributed by atoms with Gasteiger partial charge < -0.3 is 26.6 Å². The zero-order valence-electron chi connectivity index (χ0n) is 14.0. The predicted molar refractivity (Wildman–Crippen MR) is 92.7 cm³/mol. The summed E-state index contributed by atoms with van der Waals surface area (Å²) in [7, 11) is 0. The highest BCUT2D eigenvalue weighted by molar-refractivity contribution is 5.90. The molecule has 2 heterocycles. The molecule has 2 aliphatic rings. The second-order valence-electron chi connectivity index (χ2n) is 6.48. The third kappa shape index (κ3) is 4.20. The quantitative estimate of drug-likeness (QED) is 0.585. The van der Waals surface area contributed by atoms with E-state index < -0.39 is 6.04 Å². The van der Waals surface area contributed by atoms with Crippen LogP contribution >= 0.6 is 0 Å². The Balaban J connectivity index is 1.52. The first-order valence-electron chi connectivity index (χ1n) is 8.48. The minimum Gasteiger partial charge on any atom is -0.371 e. The number of nitrogens with two attached hydrogens (primary N) is 1. The molecule has 0 saturated carbocycles. The molecule has 1 aromatic rings. The standard InChI is InChI=1S/C17H23N5O3/c18-15(23)12-2-1-7-22(10-12)13-5-3-11(4-6-13)8-19-16(24)14-9-20-17(25)21-14/h3-6,12,14H,1-2,7-10H2,(H2,18,23)(H,19,24)(H2,20,21,25)/t12-,14-/m1/s1. The van der Waals surface area contributed by atoms with Crippen LogP contribution in [0.4, 0.5) is 10.5 Å². The van der Waals surface area contributed by atoms with E-state index in [-0.39, 0.29) is 23.8 Å². The van der Waals surface area contributed by atoms with E-state index >= 15 is 0 Å². The van der Waals surface area contributed by atoms with Crippen molar-refractivity contribution in [3.8, 4) is 0 Å². The maximum Gasteiger partial charge on any atom is 0.315 e. The Morgan fingerprint density at radius 2 is 2.04 bits per heavy atom. The van der Waals surface area contributed by atoms with Gasteiger partial charge in [0.15, 0.2) is 0 Å². The van der Waals surface area contributed by atoms with E-state index in [4.69, 9.17) is 5.73 Å². The molecule has 5 N–H and O–H groups in total. The third-order valence-electron chi connectivity index (χ3n) is 4.68. The van der Waals surface area contributed by atoms with Crippen molar-refractivity contribution in [3.63, 3.8) is 0 Å². The zero-order valence-corrected chi connectivity index (χ0v) is 14.0. The molecule has 2 fully saturated rings. The van der Waals surface area contributed by atoms with Gasteiger partial charge in [0.25, 0.3) is 0 Å². The number of benzene rings is 1. The van der Waals surface area contributed by atoms with Crippen LogP contribution in [0.15, 0.2) is 24.3 Å². The number of carbonyl (C=O) groups excluding carboxylic acids is 3. The molecular weight excluding hydrogens is 322 g/mol. The summed E-state index contributed by atoms with van der Waals surface area (Å²) in [6.45, 7) is 2.27. The lowest BCUT2D eigenvalue weighted by atomic mass is 9.97. The monoisotopic (exact) mass is 345 g/mol. The fraction of sp³-hybridized carbons (Fsp3) is 0.471. The number of carbonyl (C=O) groups is 3. The topological polar surface area (TPSA) is 117 Å². The first kappa shape index (κ1) is 17.1. The highest BCUT2D eigenvalue weighted by Crippen LogP contribution is 2.23. The van der Waals surface area contributed by atoms with Crippen LogP contribution in [0.5, 0.6) is 0 Å². The fourth-order valence-corrected chi connectivity index (χ4v) is 3.19. The number of nitrogens with one attached hydrogen (secondary N) is 3. The Morgan fingerprint density at radius 3 is 2.68 bits per heavy atom. The number of primary amides is 1. The van der Waals surface area contributed by atoms with Crippen molar-refractivity contribution in [1.29, 1.82) is 0 Å². The summed E-state index contributed by atoms with van der Waals surface area (Å²) in [6.07, 6.45) is 1.80. The third-order valence-corrected chi connectivity index (χ3v) is 4.68. The molecule has 4 amide bonds. The number of urea groups is 1. The van der Waals surface area contributed by atoms with Crippen molar-refractivity contribution >= 4 is 23.5 Å². The van der Waals surface area contributed by atoms with Crippen LogP contribution in [0.1, 0.15) is 18.4 Å². The molecule has 0 spiro atoms. The summed E-state index contributed by atoms with van der Waals surface area (Å²) in [4.78, 5) is 36.6. The number of piperidine rings is 1. The highest BCUT2D eigenvalue weighted by Gasteiger charge is 2.26. The maximum absolute atomic E-state index is 12.0. The van der Waals surface area contributed by atoms with E-state index in [1.54, 1.807) is 0 Å². The second kappa shape index (κ2) is 7.42. The van der Waals surface area contributed by atoms with Gasteiger partial charge in [-0.2, -0.15) is 0 Å². The van der Waals surface area contributed by atoms with Crippen LogP contribution in [0.25, 0.3) is 0 Å². The van der Waals surface area contributed by atoms with Crippen LogP contribution in [-0.4, -0.2) is 43.5 Å². The molecule has 25 heavy (non-hydrogen) atoms. The zero-order chi connectivity index (χ0) is 17.8. The summed E-state index contributed by atoms with van der Waals surface area (Å²) in [5.74, 6) is -0.539. The van der Waals surface area contributed by atoms with Gasteiger partial charge in [-0.15, -0.1) is 0 Å². The Bertz CT molecular complexity index is 661. The molecule has 2 aliphatic heterocycles. The molecule has 0 aromatic heterocycles. The lowest BCUT2D eigenvalue weighted by molar-refractivity contribution is -0.123. The van der Waals surface area contributed by atoms with E-state index in [2.05, 4.69) is 20.9 Å². The number of anilines is 1. The van der Waals surface area contributed by atoms with Crippen LogP contribution in [0.2, 0.25) is 0 Å². The molecule has 2 saturated heterocycles. The normalized spacial score (nSPS) is 22.9.